The molecule has 2 amide bonds. The summed E-state index contributed by atoms with van der Waals surface area (Å²) in [5.74, 6) is 0.646. The zero-order valence-corrected chi connectivity index (χ0v) is 15.7. The van der Waals surface area contributed by atoms with Crippen molar-refractivity contribution in [2.45, 2.75) is 13.3 Å². The minimum atomic E-state index is -0.222. The third-order valence-corrected chi connectivity index (χ3v) is 4.75. The van der Waals surface area contributed by atoms with Crippen LogP contribution in [0.15, 0.2) is 48.5 Å². The van der Waals surface area contributed by atoms with Gasteiger partial charge < -0.3 is 19.9 Å². The van der Waals surface area contributed by atoms with Crippen LogP contribution in [0.25, 0.3) is 0 Å². The predicted octanol–water partition coefficient (Wildman–Crippen LogP) is 3.30. The highest BCUT2D eigenvalue weighted by Crippen LogP contribution is 2.20. The van der Waals surface area contributed by atoms with Gasteiger partial charge in [0.05, 0.1) is 12.2 Å². The molecule has 3 rings (SSSR count). The van der Waals surface area contributed by atoms with E-state index < -0.39 is 0 Å². The van der Waals surface area contributed by atoms with Gasteiger partial charge in [-0.2, -0.15) is 0 Å². The van der Waals surface area contributed by atoms with Crippen molar-refractivity contribution in [1.82, 2.24) is 10.2 Å². The Labute approximate surface area is 159 Å². The molecule has 0 saturated carbocycles. The van der Waals surface area contributed by atoms with Crippen molar-refractivity contribution in [1.29, 1.82) is 0 Å². The fourth-order valence-electron chi connectivity index (χ4n) is 3.23. The molecule has 2 aromatic rings. The first-order valence-electron chi connectivity index (χ1n) is 9.42. The van der Waals surface area contributed by atoms with Crippen LogP contribution in [0.4, 0.5) is 14.9 Å². The molecule has 0 atom stereocenters. The Balaban J connectivity index is 1.40. The second-order valence-electron chi connectivity index (χ2n) is 6.47. The molecule has 1 N–H and O–H groups in total. The van der Waals surface area contributed by atoms with Gasteiger partial charge in [-0.15, -0.1) is 0 Å². The Hall–Kier alpha value is -2.76. The molecule has 27 heavy (non-hydrogen) atoms. The number of aryl methyl sites for hydroxylation is 1. The van der Waals surface area contributed by atoms with E-state index in [2.05, 4.69) is 12.2 Å². The summed E-state index contributed by atoms with van der Waals surface area (Å²) >= 11 is 0. The Bertz CT molecular complexity index is 761. The number of urea groups is 1. The molecule has 6 heteroatoms. The highest BCUT2D eigenvalue weighted by atomic mass is 19.1. The first kappa shape index (κ1) is 19.0. The van der Waals surface area contributed by atoms with Crippen molar-refractivity contribution in [2.75, 3.05) is 44.2 Å². The number of benzene rings is 2. The van der Waals surface area contributed by atoms with Gasteiger partial charge in [0.25, 0.3) is 0 Å². The summed E-state index contributed by atoms with van der Waals surface area (Å²) in [4.78, 5) is 16.0. The van der Waals surface area contributed by atoms with Crippen molar-refractivity contribution >= 4 is 11.7 Å². The number of piperazine rings is 1. The standard InChI is InChI=1S/C21H26FN3O2/c1-2-17-7-3-6-10-20(17)27-16-11-23-21(26)25-14-12-24(13-15-25)19-9-5-4-8-18(19)22/h3-10H,2,11-16H2,1H3,(H,23,26). The summed E-state index contributed by atoms with van der Waals surface area (Å²) in [6.07, 6.45) is 0.912. The number of hydrogen-bond donors (Lipinski definition) is 1. The normalized spacial score (nSPS) is 14.1. The first-order valence-corrected chi connectivity index (χ1v) is 9.42. The van der Waals surface area contributed by atoms with Crippen LogP contribution in [0.3, 0.4) is 0 Å². The number of anilines is 1. The second kappa shape index (κ2) is 9.26. The number of nitrogens with zero attached hydrogens (tertiary/aromatic N) is 2. The maximum absolute atomic E-state index is 13.9. The second-order valence-corrected chi connectivity index (χ2v) is 6.47. The van der Waals surface area contributed by atoms with Crippen LogP contribution in [0, 0.1) is 5.82 Å². The van der Waals surface area contributed by atoms with Crippen LogP contribution in [-0.2, 0) is 6.42 Å². The van der Waals surface area contributed by atoms with Crippen LogP contribution in [-0.4, -0.2) is 50.3 Å². The van der Waals surface area contributed by atoms with Gasteiger partial charge in [-0.05, 0) is 30.2 Å². The molecule has 1 fully saturated rings. The molecule has 0 radical (unpaired) electrons. The number of carbonyl (C=O) groups excluding carboxylic acids is 1. The Morgan fingerprint density at radius 3 is 2.52 bits per heavy atom. The third-order valence-electron chi connectivity index (χ3n) is 4.75. The molecule has 0 spiro atoms. The molecule has 144 valence electrons. The number of amides is 2. The lowest BCUT2D eigenvalue weighted by Crippen LogP contribution is -2.52. The van der Waals surface area contributed by atoms with Crippen LogP contribution in [0.2, 0.25) is 0 Å². The lowest BCUT2D eigenvalue weighted by Gasteiger charge is -2.36. The summed E-state index contributed by atoms with van der Waals surface area (Å²) < 4.78 is 19.7. The molecular weight excluding hydrogens is 345 g/mol. The number of ether oxygens (including phenoxy) is 1. The van der Waals surface area contributed by atoms with E-state index in [1.165, 1.54) is 6.07 Å². The summed E-state index contributed by atoms with van der Waals surface area (Å²) in [5, 5.41) is 2.90. The van der Waals surface area contributed by atoms with Crippen molar-refractivity contribution in [3.8, 4) is 5.75 Å². The van der Waals surface area contributed by atoms with E-state index in [1.807, 2.05) is 35.2 Å². The molecule has 1 heterocycles. The average Bonchev–Trinajstić information content (AvgIpc) is 2.72. The SMILES string of the molecule is CCc1ccccc1OCCNC(=O)N1CCN(c2ccccc2F)CC1. The summed E-state index contributed by atoms with van der Waals surface area (Å²) in [6.45, 7) is 5.34. The zero-order valence-electron chi connectivity index (χ0n) is 15.7. The summed E-state index contributed by atoms with van der Waals surface area (Å²) in [7, 11) is 0. The quantitative estimate of drug-likeness (QED) is 0.793. The molecule has 0 unspecified atom stereocenters. The van der Waals surface area contributed by atoms with Gasteiger partial charge in [0.1, 0.15) is 18.2 Å². The molecule has 0 bridgehead atoms. The third kappa shape index (κ3) is 4.90. The van der Waals surface area contributed by atoms with Crippen molar-refractivity contribution < 1.29 is 13.9 Å². The van der Waals surface area contributed by atoms with Crippen LogP contribution >= 0.6 is 0 Å². The summed E-state index contributed by atoms with van der Waals surface area (Å²) in [5.41, 5.74) is 1.76. The number of hydrogen-bond acceptors (Lipinski definition) is 3. The number of carbonyl (C=O) groups is 1. The van der Waals surface area contributed by atoms with Gasteiger partial charge in [-0.3, -0.25) is 0 Å². The Morgan fingerprint density at radius 2 is 1.78 bits per heavy atom. The van der Waals surface area contributed by atoms with Gasteiger partial charge in [0.15, 0.2) is 0 Å². The molecule has 0 aromatic heterocycles. The lowest BCUT2D eigenvalue weighted by molar-refractivity contribution is 0.191. The van der Waals surface area contributed by atoms with Gasteiger partial charge >= 0.3 is 6.03 Å². The van der Waals surface area contributed by atoms with Gasteiger partial charge in [-0.1, -0.05) is 37.3 Å². The van der Waals surface area contributed by atoms with Gasteiger partial charge in [0, 0.05) is 26.2 Å². The molecule has 1 saturated heterocycles. The monoisotopic (exact) mass is 371 g/mol. The average molecular weight is 371 g/mol. The minimum absolute atomic E-state index is 0.101. The molecule has 1 aliphatic heterocycles. The van der Waals surface area contributed by atoms with E-state index in [-0.39, 0.29) is 11.8 Å². The number of halogens is 1. The van der Waals surface area contributed by atoms with Crippen LogP contribution < -0.4 is 15.0 Å². The van der Waals surface area contributed by atoms with E-state index in [0.29, 0.717) is 45.0 Å². The van der Waals surface area contributed by atoms with E-state index in [9.17, 15) is 9.18 Å². The largest absolute Gasteiger partial charge is 0.491 e. The summed E-state index contributed by atoms with van der Waals surface area (Å²) in [6, 6.07) is 14.6. The van der Waals surface area contributed by atoms with Crippen molar-refractivity contribution in [2.24, 2.45) is 0 Å². The Morgan fingerprint density at radius 1 is 1.07 bits per heavy atom. The maximum atomic E-state index is 13.9. The smallest absolute Gasteiger partial charge is 0.317 e. The Kier molecular flexibility index (Phi) is 6.52. The fraction of sp³-hybridized carbons (Fsp3) is 0.381. The highest BCUT2D eigenvalue weighted by Gasteiger charge is 2.22. The lowest BCUT2D eigenvalue weighted by atomic mass is 10.1. The molecular formula is C21H26FN3O2. The fourth-order valence-corrected chi connectivity index (χ4v) is 3.23. The predicted molar refractivity (Wildman–Crippen MR) is 105 cm³/mol. The van der Waals surface area contributed by atoms with Crippen molar-refractivity contribution in [3.63, 3.8) is 0 Å². The molecule has 0 aliphatic carbocycles. The van der Waals surface area contributed by atoms with Gasteiger partial charge in [-0.25, -0.2) is 9.18 Å². The van der Waals surface area contributed by atoms with E-state index in [0.717, 1.165) is 17.7 Å². The van der Waals surface area contributed by atoms with Crippen molar-refractivity contribution in [3.05, 3.63) is 59.9 Å². The highest BCUT2D eigenvalue weighted by molar-refractivity contribution is 5.74. The number of nitrogens with one attached hydrogen (secondary N) is 1. The number of rotatable bonds is 6. The van der Waals surface area contributed by atoms with E-state index >= 15 is 0 Å². The molecule has 5 nitrogen and oxygen atoms in total. The molecule has 1 aliphatic rings. The van der Waals surface area contributed by atoms with Crippen LogP contribution in [0.1, 0.15) is 12.5 Å². The zero-order chi connectivity index (χ0) is 19.1. The van der Waals surface area contributed by atoms with Gasteiger partial charge in [0.2, 0.25) is 0 Å². The topological polar surface area (TPSA) is 44.8 Å². The maximum Gasteiger partial charge on any atom is 0.317 e. The van der Waals surface area contributed by atoms with E-state index in [4.69, 9.17) is 4.74 Å². The van der Waals surface area contributed by atoms with Crippen LogP contribution in [0.5, 0.6) is 5.75 Å². The van der Waals surface area contributed by atoms with E-state index in [1.54, 1.807) is 17.0 Å². The minimum Gasteiger partial charge on any atom is -0.491 e. The number of para-hydroxylation sites is 2. The first-order chi connectivity index (χ1) is 13.2. The molecule has 2 aromatic carbocycles.